The molecule has 1 aromatic heterocycles. The van der Waals surface area contributed by atoms with E-state index in [1.54, 1.807) is 12.5 Å². The van der Waals surface area contributed by atoms with Crippen molar-refractivity contribution in [1.82, 2.24) is 9.55 Å². The normalized spacial score (nSPS) is 18.4. The highest BCUT2D eigenvalue weighted by Gasteiger charge is 2.38. The van der Waals surface area contributed by atoms with E-state index in [9.17, 15) is 0 Å². The fraction of sp³-hybridized carbons (Fsp3) is 0.308. The maximum absolute atomic E-state index is 5.83. The highest BCUT2D eigenvalue weighted by molar-refractivity contribution is 5.21. The maximum atomic E-state index is 5.83. The minimum absolute atomic E-state index is 0.622. The Bertz CT molecular complexity index is 461. The molecule has 0 aliphatic carbocycles. The lowest BCUT2D eigenvalue weighted by Crippen LogP contribution is -2.32. The van der Waals surface area contributed by atoms with Crippen LogP contribution < -0.4 is 0 Å². The highest BCUT2D eigenvalue weighted by Crippen LogP contribution is 2.32. The van der Waals surface area contributed by atoms with Gasteiger partial charge in [-0.05, 0) is 0 Å². The Morgan fingerprint density at radius 3 is 2.59 bits per heavy atom. The number of aromatic nitrogens is 2. The summed E-state index contributed by atoms with van der Waals surface area (Å²) in [5, 5.41) is 0. The SMILES string of the molecule is c1ccc(C2(Cn3ccnc3)OCCO2)cc1. The Morgan fingerprint density at radius 2 is 1.94 bits per heavy atom. The number of hydrogen-bond donors (Lipinski definition) is 0. The van der Waals surface area contributed by atoms with Crippen molar-refractivity contribution in [1.29, 1.82) is 0 Å². The quantitative estimate of drug-likeness (QED) is 0.806. The standard InChI is InChI=1S/C13H14N2O2/c1-2-4-12(5-3-1)13(16-8-9-17-13)10-15-7-6-14-11-15/h1-7,11H,8-10H2. The Labute approximate surface area is 99.8 Å². The van der Waals surface area contributed by atoms with Gasteiger partial charge >= 0.3 is 0 Å². The minimum Gasteiger partial charge on any atom is -0.342 e. The van der Waals surface area contributed by atoms with Crippen molar-refractivity contribution >= 4 is 0 Å². The molecule has 88 valence electrons. The van der Waals surface area contributed by atoms with Gasteiger partial charge in [0.2, 0.25) is 5.79 Å². The van der Waals surface area contributed by atoms with Crippen LogP contribution in [-0.4, -0.2) is 22.8 Å². The van der Waals surface area contributed by atoms with Gasteiger partial charge in [0.05, 0.1) is 26.1 Å². The highest BCUT2D eigenvalue weighted by atomic mass is 16.7. The van der Waals surface area contributed by atoms with Gasteiger partial charge in [0.1, 0.15) is 0 Å². The molecule has 4 heteroatoms. The topological polar surface area (TPSA) is 36.3 Å². The molecule has 0 unspecified atom stereocenters. The first-order valence-corrected chi connectivity index (χ1v) is 5.68. The van der Waals surface area contributed by atoms with Crippen molar-refractivity contribution in [2.75, 3.05) is 13.2 Å². The van der Waals surface area contributed by atoms with Gasteiger partial charge < -0.3 is 14.0 Å². The van der Waals surface area contributed by atoms with E-state index in [1.165, 1.54) is 0 Å². The zero-order valence-electron chi connectivity index (χ0n) is 9.45. The van der Waals surface area contributed by atoms with Crippen LogP contribution in [0.15, 0.2) is 49.1 Å². The van der Waals surface area contributed by atoms with Gasteiger partial charge in [-0.1, -0.05) is 30.3 Å². The average molecular weight is 230 g/mol. The lowest BCUT2D eigenvalue weighted by Gasteiger charge is -2.28. The predicted octanol–water partition coefficient (Wildman–Crippen LogP) is 1.78. The molecule has 0 radical (unpaired) electrons. The largest absolute Gasteiger partial charge is 0.342 e. The summed E-state index contributed by atoms with van der Waals surface area (Å²) in [6, 6.07) is 10.0. The summed E-state index contributed by atoms with van der Waals surface area (Å²) < 4.78 is 13.6. The molecule has 0 bridgehead atoms. The summed E-state index contributed by atoms with van der Waals surface area (Å²) in [6.07, 6.45) is 5.44. The number of benzene rings is 1. The second kappa shape index (κ2) is 4.31. The molecule has 17 heavy (non-hydrogen) atoms. The third kappa shape index (κ3) is 1.97. The third-order valence-corrected chi connectivity index (χ3v) is 2.92. The van der Waals surface area contributed by atoms with Gasteiger partial charge in [-0.3, -0.25) is 0 Å². The second-order valence-corrected chi connectivity index (χ2v) is 4.05. The fourth-order valence-corrected chi connectivity index (χ4v) is 2.12. The van der Waals surface area contributed by atoms with Crippen molar-refractivity contribution in [3.8, 4) is 0 Å². The number of hydrogen-bond acceptors (Lipinski definition) is 3. The summed E-state index contributed by atoms with van der Waals surface area (Å²) in [4.78, 5) is 4.04. The van der Waals surface area contributed by atoms with Crippen LogP contribution >= 0.6 is 0 Å². The van der Waals surface area contributed by atoms with Crippen molar-refractivity contribution in [3.05, 3.63) is 54.6 Å². The lowest BCUT2D eigenvalue weighted by molar-refractivity contribution is -0.176. The molecule has 3 rings (SSSR count). The smallest absolute Gasteiger partial charge is 0.213 e. The van der Waals surface area contributed by atoms with E-state index in [0.29, 0.717) is 19.8 Å². The number of imidazole rings is 1. The van der Waals surface area contributed by atoms with Gasteiger partial charge in [0, 0.05) is 18.0 Å². The van der Waals surface area contributed by atoms with Gasteiger partial charge in [0.15, 0.2) is 0 Å². The zero-order valence-corrected chi connectivity index (χ0v) is 9.45. The summed E-state index contributed by atoms with van der Waals surface area (Å²) in [6.45, 7) is 1.88. The first kappa shape index (κ1) is 10.5. The van der Waals surface area contributed by atoms with E-state index >= 15 is 0 Å². The van der Waals surface area contributed by atoms with E-state index in [0.717, 1.165) is 5.56 Å². The monoisotopic (exact) mass is 230 g/mol. The summed E-state index contributed by atoms with van der Waals surface area (Å²) >= 11 is 0. The van der Waals surface area contributed by atoms with Crippen molar-refractivity contribution in [3.63, 3.8) is 0 Å². The minimum atomic E-state index is -0.665. The third-order valence-electron chi connectivity index (χ3n) is 2.92. The van der Waals surface area contributed by atoms with Gasteiger partial charge in [-0.15, -0.1) is 0 Å². The van der Waals surface area contributed by atoms with E-state index < -0.39 is 5.79 Å². The maximum Gasteiger partial charge on any atom is 0.213 e. The van der Waals surface area contributed by atoms with Gasteiger partial charge in [0.25, 0.3) is 0 Å². The molecule has 0 spiro atoms. The van der Waals surface area contributed by atoms with Crippen LogP contribution in [-0.2, 0) is 21.8 Å². The van der Waals surface area contributed by atoms with Crippen LogP contribution in [0.4, 0.5) is 0 Å². The van der Waals surface area contributed by atoms with Crippen LogP contribution in [0.3, 0.4) is 0 Å². The van der Waals surface area contributed by atoms with E-state index in [-0.39, 0.29) is 0 Å². The Balaban J connectivity index is 1.93. The molecule has 0 atom stereocenters. The van der Waals surface area contributed by atoms with Crippen molar-refractivity contribution in [2.24, 2.45) is 0 Å². The van der Waals surface area contributed by atoms with Crippen molar-refractivity contribution in [2.45, 2.75) is 12.3 Å². The number of nitrogens with zero attached hydrogens (tertiary/aromatic N) is 2. The summed E-state index contributed by atoms with van der Waals surface area (Å²) in [5.41, 5.74) is 1.05. The molecule has 2 heterocycles. The van der Waals surface area contributed by atoms with E-state index in [1.807, 2.05) is 41.1 Å². The predicted molar refractivity (Wildman–Crippen MR) is 62.3 cm³/mol. The molecular weight excluding hydrogens is 216 g/mol. The Hall–Kier alpha value is -1.65. The molecule has 0 N–H and O–H groups in total. The van der Waals surface area contributed by atoms with E-state index in [4.69, 9.17) is 9.47 Å². The molecule has 2 aromatic rings. The molecular formula is C13H14N2O2. The first-order chi connectivity index (χ1) is 8.39. The molecule has 1 aromatic carbocycles. The lowest BCUT2D eigenvalue weighted by atomic mass is 10.1. The molecule has 1 fully saturated rings. The van der Waals surface area contributed by atoms with Crippen LogP contribution in [0.5, 0.6) is 0 Å². The van der Waals surface area contributed by atoms with Crippen LogP contribution in [0.1, 0.15) is 5.56 Å². The molecule has 1 aliphatic heterocycles. The van der Waals surface area contributed by atoms with Crippen LogP contribution in [0.25, 0.3) is 0 Å². The zero-order chi connectivity index (χ0) is 11.6. The van der Waals surface area contributed by atoms with Crippen LogP contribution in [0, 0.1) is 0 Å². The molecule has 1 aliphatic rings. The Kier molecular flexibility index (Phi) is 2.66. The molecule has 0 amide bonds. The average Bonchev–Trinajstić information content (AvgIpc) is 3.03. The Morgan fingerprint density at radius 1 is 1.18 bits per heavy atom. The molecule has 4 nitrogen and oxygen atoms in total. The summed E-state index contributed by atoms with van der Waals surface area (Å²) in [5.74, 6) is -0.665. The number of rotatable bonds is 3. The fourth-order valence-electron chi connectivity index (χ4n) is 2.12. The first-order valence-electron chi connectivity index (χ1n) is 5.68. The molecule has 1 saturated heterocycles. The summed E-state index contributed by atoms with van der Waals surface area (Å²) in [7, 11) is 0. The number of ether oxygens (including phenoxy) is 2. The van der Waals surface area contributed by atoms with Gasteiger partial charge in [-0.25, -0.2) is 4.98 Å². The van der Waals surface area contributed by atoms with E-state index in [2.05, 4.69) is 4.98 Å². The molecule has 0 saturated carbocycles. The van der Waals surface area contributed by atoms with Crippen molar-refractivity contribution < 1.29 is 9.47 Å². The second-order valence-electron chi connectivity index (χ2n) is 4.05. The van der Waals surface area contributed by atoms with Gasteiger partial charge in [-0.2, -0.15) is 0 Å². The van der Waals surface area contributed by atoms with Crippen LogP contribution in [0.2, 0.25) is 0 Å².